The number of hydrogen-bond donors (Lipinski definition) is 2. The maximum absolute atomic E-state index is 12.8. The monoisotopic (exact) mass is 425 g/mol. The van der Waals surface area contributed by atoms with E-state index in [1.165, 1.54) is 5.01 Å². The molecule has 1 atom stereocenters. The van der Waals surface area contributed by atoms with Crippen molar-refractivity contribution >= 4 is 23.3 Å². The summed E-state index contributed by atoms with van der Waals surface area (Å²) in [7, 11) is 0. The van der Waals surface area contributed by atoms with E-state index in [9.17, 15) is 9.59 Å². The summed E-state index contributed by atoms with van der Waals surface area (Å²) in [5.74, 6) is 1.14. The van der Waals surface area contributed by atoms with Gasteiger partial charge in [-0.3, -0.25) is 24.9 Å². The van der Waals surface area contributed by atoms with Gasteiger partial charge in [0.05, 0.1) is 24.9 Å². The number of benzene rings is 1. The van der Waals surface area contributed by atoms with Crippen molar-refractivity contribution in [2.24, 2.45) is 4.99 Å². The summed E-state index contributed by atoms with van der Waals surface area (Å²) in [6.07, 6.45) is 0. The third-order valence-corrected chi connectivity index (χ3v) is 5.38. The minimum Gasteiger partial charge on any atom is -0.465 e. The first kappa shape index (κ1) is 21.1. The lowest BCUT2D eigenvalue weighted by Crippen LogP contribution is -2.56. The Kier molecular flexibility index (Phi) is 6.34. The van der Waals surface area contributed by atoms with Crippen LogP contribution < -0.4 is 15.8 Å². The Morgan fingerprint density at radius 3 is 2.58 bits per heavy atom. The maximum Gasteiger partial charge on any atom is 0.288 e. The third kappa shape index (κ3) is 4.95. The molecule has 31 heavy (non-hydrogen) atoms. The number of furan rings is 1. The zero-order chi connectivity index (χ0) is 21.8. The molecule has 2 aliphatic rings. The van der Waals surface area contributed by atoms with Gasteiger partial charge in [-0.2, -0.15) is 0 Å². The minimum absolute atomic E-state index is 0.0894. The molecule has 9 nitrogen and oxygen atoms in total. The summed E-state index contributed by atoms with van der Waals surface area (Å²) in [6.45, 7) is 6.94. The van der Waals surface area contributed by atoms with Crippen LogP contribution in [0.2, 0.25) is 0 Å². The molecule has 2 amide bonds. The van der Waals surface area contributed by atoms with E-state index in [2.05, 4.69) is 20.6 Å². The Labute approximate surface area is 181 Å². The normalized spacial score (nSPS) is 18.3. The first-order chi connectivity index (χ1) is 15.0. The fourth-order valence-electron chi connectivity index (χ4n) is 3.65. The van der Waals surface area contributed by atoms with Crippen LogP contribution in [0.5, 0.6) is 0 Å². The Hall–Kier alpha value is -3.17. The molecule has 2 aromatic rings. The Balaban J connectivity index is 1.43. The van der Waals surface area contributed by atoms with E-state index in [1.807, 2.05) is 50.2 Å². The van der Waals surface area contributed by atoms with Gasteiger partial charge in [-0.25, -0.2) is 5.01 Å². The molecular weight excluding hydrogens is 398 g/mol. The number of morpholine rings is 1. The van der Waals surface area contributed by atoms with Crippen molar-refractivity contribution in [2.75, 3.05) is 44.4 Å². The van der Waals surface area contributed by atoms with Gasteiger partial charge in [0.15, 0.2) is 0 Å². The van der Waals surface area contributed by atoms with Crippen LogP contribution in [-0.2, 0) is 14.3 Å². The van der Waals surface area contributed by atoms with Gasteiger partial charge < -0.3 is 14.5 Å². The van der Waals surface area contributed by atoms with E-state index < -0.39 is 0 Å². The number of rotatable bonds is 6. The van der Waals surface area contributed by atoms with Crippen LogP contribution in [0.4, 0.5) is 5.69 Å². The number of amides is 2. The van der Waals surface area contributed by atoms with E-state index in [-0.39, 0.29) is 30.2 Å². The van der Waals surface area contributed by atoms with Crippen LogP contribution in [0.25, 0.3) is 0 Å². The predicted molar refractivity (Wildman–Crippen MR) is 116 cm³/mol. The number of nitrogens with one attached hydrogen (secondary N) is 2. The summed E-state index contributed by atoms with van der Waals surface area (Å²) in [5.41, 5.74) is 4.60. The number of aliphatic imine (C=N–C) groups is 1. The van der Waals surface area contributed by atoms with Crippen molar-refractivity contribution in [2.45, 2.75) is 19.9 Å². The lowest BCUT2D eigenvalue weighted by atomic mass is 10.1. The average molecular weight is 425 g/mol. The number of carbonyl (C=O) groups is 2. The number of hydrazine groups is 1. The maximum atomic E-state index is 12.8. The molecule has 1 saturated heterocycles. The van der Waals surface area contributed by atoms with Crippen LogP contribution in [0.15, 0.2) is 45.8 Å². The molecule has 0 bridgehead atoms. The molecule has 1 aromatic heterocycles. The zero-order valence-electron chi connectivity index (χ0n) is 17.8. The van der Waals surface area contributed by atoms with E-state index in [4.69, 9.17) is 9.15 Å². The number of ether oxygens (including phenoxy) is 1. The smallest absolute Gasteiger partial charge is 0.288 e. The molecule has 164 valence electrons. The highest BCUT2D eigenvalue weighted by atomic mass is 16.5. The first-order valence-electron chi connectivity index (χ1n) is 10.4. The Morgan fingerprint density at radius 2 is 1.90 bits per heavy atom. The second-order valence-electron chi connectivity index (χ2n) is 7.66. The van der Waals surface area contributed by atoms with Gasteiger partial charge >= 0.3 is 0 Å². The first-order valence-corrected chi connectivity index (χ1v) is 10.4. The average Bonchev–Trinajstić information content (AvgIpc) is 3.21. The van der Waals surface area contributed by atoms with Gasteiger partial charge in [0.25, 0.3) is 11.8 Å². The molecule has 0 unspecified atom stereocenters. The Morgan fingerprint density at radius 1 is 1.16 bits per heavy atom. The summed E-state index contributed by atoms with van der Waals surface area (Å²) in [6, 6.07) is 11.2. The van der Waals surface area contributed by atoms with Crippen LogP contribution >= 0.6 is 0 Å². The van der Waals surface area contributed by atoms with Crippen LogP contribution in [0.1, 0.15) is 23.1 Å². The topological polar surface area (TPSA) is 99.4 Å². The summed E-state index contributed by atoms with van der Waals surface area (Å²) in [4.78, 5) is 31.5. The molecule has 2 aliphatic heterocycles. The molecule has 0 radical (unpaired) electrons. The van der Waals surface area contributed by atoms with E-state index in [1.54, 1.807) is 0 Å². The molecule has 0 aliphatic carbocycles. The van der Waals surface area contributed by atoms with Crippen molar-refractivity contribution in [3.63, 3.8) is 0 Å². The number of carbonyl (C=O) groups excluding carboxylic acids is 2. The molecule has 4 rings (SSSR count). The largest absolute Gasteiger partial charge is 0.465 e. The third-order valence-electron chi connectivity index (χ3n) is 5.38. The lowest BCUT2D eigenvalue weighted by Gasteiger charge is -2.33. The van der Waals surface area contributed by atoms with Crippen molar-refractivity contribution < 1.29 is 18.7 Å². The van der Waals surface area contributed by atoms with E-state index >= 15 is 0 Å². The fraction of sp³-hybridized carbons (Fsp3) is 0.409. The summed E-state index contributed by atoms with van der Waals surface area (Å²) in [5, 5.41) is 4.30. The van der Waals surface area contributed by atoms with Gasteiger partial charge in [0.1, 0.15) is 18.1 Å². The molecule has 3 heterocycles. The quantitative estimate of drug-likeness (QED) is 0.725. The molecule has 2 N–H and O–H groups in total. The molecule has 9 heteroatoms. The number of anilines is 1. The second-order valence-corrected chi connectivity index (χ2v) is 7.66. The number of aryl methyl sites for hydroxylation is 2. The summed E-state index contributed by atoms with van der Waals surface area (Å²) >= 11 is 0. The number of hydrogen-bond acceptors (Lipinski definition) is 7. The van der Waals surface area contributed by atoms with Crippen molar-refractivity contribution in [3.05, 3.63) is 53.5 Å². The molecular formula is C22H27N5O4. The lowest BCUT2D eigenvalue weighted by molar-refractivity contribution is -0.118. The SMILES string of the molecule is Cc1ccc(N2NC(C(=O)NC[C@@H](c3ccc(C)o3)N3CCOCC3)=NCC2=O)cc1. The van der Waals surface area contributed by atoms with Crippen molar-refractivity contribution in [1.29, 1.82) is 0 Å². The fourth-order valence-corrected chi connectivity index (χ4v) is 3.65. The van der Waals surface area contributed by atoms with Gasteiger partial charge in [0, 0.05) is 19.6 Å². The van der Waals surface area contributed by atoms with Crippen molar-refractivity contribution in [3.8, 4) is 0 Å². The van der Waals surface area contributed by atoms with Crippen LogP contribution in [-0.4, -0.2) is 61.9 Å². The van der Waals surface area contributed by atoms with Gasteiger partial charge in [-0.05, 0) is 38.1 Å². The highest BCUT2D eigenvalue weighted by Gasteiger charge is 2.29. The second kappa shape index (κ2) is 9.32. The van der Waals surface area contributed by atoms with Gasteiger partial charge in [-0.15, -0.1) is 0 Å². The standard InChI is InChI=1S/C22H27N5O4/c1-15-3-6-17(7-4-15)27-20(28)14-23-21(25-27)22(29)24-13-18(19-8-5-16(2)31-19)26-9-11-30-12-10-26/h3-8,18H,9-14H2,1-2H3,(H,23,25)(H,24,29)/t18-/m0/s1. The highest BCUT2D eigenvalue weighted by Crippen LogP contribution is 2.23. The van der Waals surface area contributed by atoms with Crippen LogP contribution in [0, 0.1) is 13.8 Å². The van der Waals surface area contributed by atoms with Gasteiger partial charge in [0.2, 0.25) is 5.84 Å². The molecule has 0 spiro atoms. The Bertz CT molecular complexity index is 963. The highest BCUT2D eigenvalue weighted by molar-refractivity contribution is 6.39. The molecule has 1 fully saturated rings. The zero-order valence-corrected chi connectivity index (χ0v) is 17.8. The summed E-state index contributed by atoms with van der Waals surface area (Å²) < 4.78 is 11.3. The number of amidine groups is 1. The van der Waals surface area contributed by atoms with Crippen LogP contribution in [0.3, 0.4) is 0 Å². The van der Waals surface area contributed by atoms with Crippen molar-refractivity contribution in [1.82, 2.24) is 15.6 Å². The van der Waals surface area contributed by atoms with Gasteiger partial charge in [-0.1, -0.05) is 17.7 Å². The molecule has 1 aromatic carbocycles. The molecule has 0 saturated carbocycles. The van der Waals surface area contributed by atoms with E-state index in [0.717, 1.165) is 30.2 Å². The predicted octanol–water partition coefficient (Wildman–Crippen LogP) is 1.34. The van der Waals surface area contributed by atoms with E-state index in [0.29, 0.717) is 25.4 Å². The minimum atomic E-state index is -0.369. The number of nitrogens with zero attached hydrogens (tertiary/aromatic N) is 3.